The van der Waals surface area contributed by atoms with Gasteiger partial charge in [-0.3, -0.25) is 0 Å². The van der Waals surface area contributed by atoms with Crippen LogP contribution in [0.4, 0.5) is 11.4 Å². The average Bonchev–Trinajstić information content (AvgIpc) is 2.39. The van der Waals surface area contributed by atoms with Gasteiger partial charge in [-0.05, 0) is 62.3 Å². The molecule has 1 aromatic carbocycles. The Bertz CT molecular complexity index is 423. The Balaban J connectivity index is 1.91. The maximum Gasteiger partial charge on any atom is 0.0819 e. The minimum absolute atomic E-state index is 0.542. The molecule has 1 fully saturated rings. The predicted octanol–water partition coefficient (Wildman–Crippen LogP) is 3.32. The van der Waals surface area contributed by atoms with Gasteiger partial charge in [-0.25, -0.2) is 0 Å². The lowest BCUT2D eigenvalue weighted by molar-refractivity contribution is 0.00229. The molecule has 3 nitrogen and oxygen atoms in total. The molecule has 0 bridgehead atoms. The standard InChI is InChI=1S/C16H26N2O/c1-3-13-6-8-16(19,9-7-13)11-18-15-5-4-14(17)10-12(15)2/h4-5,10,13,18-19H,3,6-9,11,17H2,1-2H3. The van der Waals surface area contributed by atoms with Gasteiger partial charge in [-0.1, -0.05) is 13.3 Å². The Labute approximate surface area is 116 Å². The molecule has 19 heavy (non-hydrogen) atoms. The first-order valence-electron chi connectivity index (χ1n) is 7.35. The number of nitrogens with one attached hydrogen (secondary N) is 1. The van der Waals surface area contributed by atoms with Gasteiger partial charge in [0.15, 0.2) is 0 Å². The topological polar surface area (TPSA) is 58.3 Å². The summed E-state index contributed by atoms with van der Waals surface area (Å²) in [6.07, 6.45) is 5.35. The molecule has 0 saturated heterocycles. The fraction of sp³-hybridized carbons (Fsp3) is 0.625. The van der Waals surface area contributed by atoms with Crippen molar-refractivity contribution in [3.63, 3.8) is 0 Å². The maximum absolute atomic E-state index is 10.6. The Morgan fingerprint density at radius 1 is 1.37 bits per heavy atom. The number of hydrogen-bond acceptors (Lipinski definition) is 3. The van der Waals surface area contributed by atoms with Crippen molar-refractivity contribution in [1.82, 2.24) is 0 Å². The summed E-state index contributed by atoms with van der Waals surface area (Å²) in [5, 5.41) is 14.0. The minimum Gasteiger partial charge on any atom is -0.399 e. The van der Waals surface area contributed by atoms with Crippen molar-refractivity contribution in [2.75, 3.05) is 17.6 Å². The molecule has 4 N–H and O–H groups in total. The average molecular weight is 262 g/mol. The molecule has 2 rings (SSSR count). The van der Waals surface area contributed by atoms with E-state index in [1.807, 2.05) is 25.1 Å². The molecule has 1 aliphatic rings. The van der Waals surface area contributed by atoms with E-state index < -0.39 is 5.60 Å². The summed E-state index contributed by atoms with van der Waals surface area (Å²) in [5.74, 6) is 0.804. The molecule has 0 heterocycles. The predicted molar refractivity (Wildman–Crippen MR) is 81.3 cm³/mol. The molecular formula is C16H26N2O. The Kier molecular flexibility index (Phi) is 4.35. The van der Waals surface area contributed by atoms with E-state index in [9.17, 15) is 5.11 Å². The van der Waals surface area contributed by atoms with Crippen molar-refractivity contribution in [3.8, 4) is 0 Å². The van der Waals surface area contributed by atoms with Gasteiger partial charge in [0.05, 0.1) is 5.60 Å². The van der Waals surface area contributed by atoms with E-state index in [1.165, 1.54) is 6.42 Å². The lowest BCUT2D eigenvalue weighted by Gasteiger charge is -2.36. The third-order valence-electron chi connectivity index (χ3n) is 4.47. The highest BCUT2D eigenvalue weighted by Gasteiger charge is 2.32. The number of benzene rings is 1. The Hall–Kier alpha value is -1.22. The molecule has 0 unspecified atom stereocenters. The van der Waals surface area contributed by atoms with Gasteiger partial charge in [-0.15, -0.1) is 0 Å². The van der Waals surface area contributed by atoms with Crippen molar-refractivity contribution in [1.29, 1.82) is 0 Å². The zero-order valence-corrected chi connectivity index (χ0v) is 12.1. The summed E-state index contributed by atoms with van der Waals surface area (Å²) < 4.78 is 0. The molecule has 0 radical (unpaired) electrons. The van der Waals surface area contributed by atoms with Crippen LogP contribution in [0.5, 0.6) is 0 Å². The van der Waals surface area contributed by atoms with E-state index >= 15 is 0 Å². The van der Waals surface area contributed by atoms with Crippen LogP contribution in [-0.2, 0) is 0 Å². The van der Waals surface area contributed by atoms with E-state index in [4.69, 9.17) is 5.73 Å². The van der Waals surface area contributed by atoms with Gasteiger partial charge >= 0.3 is 0 Å². The molecule has 0 aromatic heterocycles. The summed E-state index contributed by atoms with van der Waals surface area (Å²) in [6, 6.07) is 5.85. The SMILES string of the molecule is CCC1CCC(O)(CNc2ccc(N)cc2C)CC1. The van der Waals surface area contributed by atoms with E-state index in [-0.39, 0.29) is 0 Å². The largest absolute Gasteiger partial charge is 0.399 e. The molecule has 1 aromatic rings. The van der Waals surface area contributed by atoms with Crippen LogP contribution in [0.15, 0.2) is 18.2 Å². The van der Waals surface area contributed by atoms with Gasteiger partial charge in [0, 0.05) is 17.9 Å². The summed E-state index contributed by atoms with van der Waals surface area (Å²) in [5.41, 5.74) is 8.19. The number of hydrogen-bond donors (Lipinski definition) is 3. The van der Waals surface area contributed by atoms with Gasteiger partial charge in [0.25, 0.3) is 0 Å². The van der Waals surface area contributed by atoms with Crippen LogP contribution in [0.1, 0.15) is 44.6 Å². The summed E-state index contributed by atoms with van der Waals surface area (Å²) >= 11 is 0. The zero-order chi connectivity index (χ0) is 13.9. The molecule has 1 saturated carbocycles. The number of nitrogen functional groups attached to an aromatic ring is 1. The summed E-state index contributed by atoms with van der Waals surface area (Å²) in [7, 11) is 0. The fourth-order valence-electron chi connectivity index (χ4n) is 2.94. The molecule has 0 atom stereocenters. The molecular weight excluding hydrogens is 236 g/mol. The van der Waals surface area contributed by atoms with Crippen LogP contribution in [-0.4, -0.2) is 17.3 Å². The number of aryl methyl sites for hydroxylation is 1. The van der Waals surface area contributed by atoms with Gasteiger partial charge in [0.1, 0.15) is 0 Å². The molecule has 1 aliphatic carbocycles. The van der Waals surface area contributed by atoms with Crippen molar-refractivity contribution in [2.45, 2.75) is 51.6 Å². The lowest BCUT2D eigenvalue weighted by atomic mass is 9.78. The molecule has 3 heteroatoms. The first kappa shape index (κ1) is 14.2. The third kappa shape index (κ3) is 3.63. The smallest absolute Gasteiger partial charge is 0.0819 e. The lowest BCUT2D eigenvalue weighted by Crippen LogP contribution is -2.40. The van der Waals surface area contributed by atoms with Crippen molar-refractivity contribution in [3.05, 3.63) is 23.8 Å². The second kappa shape index (κ2) is 5.83. The highest BCUT2D eigenvalue weighted by atomic mass is 16.3. The van der Waals surface area contributed by atoms with E-state index in [2.05, 4.69) is 12.2 Å². The normalized spacial score (nSPS) is 27.2. The van der Waals surface area contributed by atoms with Crippen molar-refractivity contribution in [2.24, 2.45) is 5.92 Å². The van der Waals surface area contributed by atoms with Gasteiger partial charge in [-0.2, -0.15) is 0 Å². The summed E-state index contributed by atoms with van der Waals surface area (Å²) in [4.78, 5) is 0. The maximum atomic E-state index is 10.6. The third-order valence-corrected chi connectivity index (χ3v) is 4.47. The monoisotopic (exact) mass is 262 g/mol. The highest BCUT2D eigenvalue weighted by Crippen LogP contribution is 2.34. The quantitative estimate of drug-likeness (QED) is 0.730. The Morgan fingerprint density at radius 3 is 2.63 bits per heavy atom. The highest BCUT2D eigenvalue weighted by molar-refractivity contribution is 5.57. The fourth-order valence-corrected chi connectivity index (χ4v) is 2.94. The first-order valence-corrected chi connectivity index (χ1v) is 7.35. The zero-order valence-electron chi connectivity index (χ0n) is 12.1. The van der Waals surface area contributed by atoms with Crippen molar-refractivity contribution >= 4 is 11.4 Å². The van der Waals surface area contributed by atoms with Crippen LogP contribution >= 0.6 is 0 Å². The van der Waals surface area contributed by atoms with Gasteiger partial charge in [0.2, 0.25) is 0 Å². The van der Waals surface area contributed by atoms with Crippen LogP contribution in [0, 0.1) is 12.8 Å². The second-order valence-electron chi connectivity index (χ2n) is 6.00. The number of anilines is 2. The van der Waals surface area contributed by atoms with Crippen molar-refractivity contribution < 1.29 is 5.11 Å². The molecule has 0 amide bonds. The van der Waals surface area contributed by atoms with Crippen LogP contribution in [0.2, 0.25) is 0 Å². The Morgan fingerprint density at radius 2 is 2.05 bits per heavy atom. The van der Waals surface area contributed by atoms with Crippen LogP contribution in [0.25, 0.3) is 0 Å². The molecule has 0 spiro atoms. The van der Waals surface area contributed by atoms with Crippen LogP contribution in [0.3, 0.4) is 0 Å². The first-order chi connectivity index (χ1) is 9.02. The number of rotatable bonds is 4. The minimum atomic E-state index is -0.542. The summed E-state index contributed by atoms with van der Waals surface area (Å²) in [6.45, 7) is 4.91. The van der Waals surface area contributed by atoms with E-state index in [1.54, 1.807) is 0 Å². The van der Waals surface area contributed by atoms with E-state index in [0.29, 0.717) is 6.54 Å². The van der Waals surface area contributed by atoms with Gasteiger partial charge < -0.3 is 16.2 Å². The van der Waals surface area contributed by atoms with Crippen LogP contribution < -0.4 is 11.1 Å². The second-order valence-corrected chi connectivity index (χ2v) is 6.00. The van der Waals surface area contributed by atoms with E-state index in [0.717, 1.165) is 48.5 Å². The number of nitrogens with two attached hydrogens (primary N) is 1. The number of aliphatic hydroxyl groups is 1. The molecule has 0 aliphatic heterocycles. The molecule has 106 valence electrons.